The molecule has 82 valence electrons. The molecule has 0 spiro atoms. The minimum Gasteiger partial charge on any atom is -0.295 e. The van der Waals surface area contributed by atoms with Gasteiger partial charge in [-0.2, -0.15) is 0 Å². The normalized spacial score (nSPS) is 15.9. The Hall–Kier alpha value is -0.480. The van der Waals surface area contributed by atoms with E-state index >= 15 is 0 Å². The molecule has 2 nitrogen and oxygen atoms in total. The molecule has 0 atom stereocenters. The van der Waals surface area contributed by atoms with Gasteiger partial charge in [0.2, 0.25) is 0 Å². The number of halogens is 2. The van der Waals surface area contributed by atoms with Crippen LogP contribution < -0.4 is 0 Å². The summed E-state index contributed by atoms with van der Waals surface area (Å²) in [5.41, 5.74) is 0.961. The van der Waals surface area contributed by atoms with Gasteiger partial charge < -0.3 is 0 Å². The molecule has 15 heavy (non-hydrogen) atoms. The average Bonchev–Trinajstić information content (AvgIpc) is 3.00. The van der Waals surface area contributed by atoms with Crippen LogP contribution in [0.4, 0.5) is 4.39 Å². The zero-order chi connectivity index (χ0) is 10.7. The van der Waals surface area contributed by atoms with Crippen molar-refractivity contribution in [1.29, 1.82) is 0 Å². The minimum atomic E-state index is -0.248. The Labute approximate surface area is 97.6 Å². The predicted octanol–water partition coefficient (Wildman–Crippen LogP) is 2.58. The highest BCUT2D eigenvalue weighted by Gasteiger charge is 2.28. The number of alkyl halides is 1. The van der Waals surface area contributed by atoms with Gasteiger partial charge in [-0.3, -0.25) is 9.88 Å². The molecule has 1 aliphatic carbocycles. The van der Waals surface area contributed by atoms with E-state index in [0.29, 0.717) is 6.04 Å². The van der Waals surface area contributed by atoms with E-state index in [1.165, 1.54) is 19.0 Å². The van der Waals surface area contributed by atoms with Crippen LogP contribution in [0.1, 0.15) is 18.4 Å². The molecule has 0 unspecified atom stereocenters. The lowest BCUT2D eigenvalue weighted by atomic mass is 10.2. The summed E-state index contributed by atoms with van der Waals surface area (Å²) in [4.78, 5) is 6.24. The summed E-state index contributed by atoms with van der Waals surface area (Å²) in [6.45, 7) is 1.82. The van der Waals surface area contributed by atoms with Crippen molar-refractivity contribution >= 4 is 15.9 Å². The lowest BCUT2D eigenvalue weighted by molar-refractivity contribution is 0.271. The van der Waals surface area contributed by atoms with Gasteiger partial charge in [-0.05, 0) is 24.5 Å². The van der Waals surface area contributed by atoms with Crippen molar-refractivity contribution in [2.24, 2.45) is 0 Å². The molecule has 1 saturated carbocycles. The van der Waals surface area contributed by atoms with E-state index in [1.54, 1.807) is 12.3 Å². The summed E-state index contributed by atoms with van der Waals surface area (Å²) in [5.74, 6) is -0.248. The first-order valence-corrected chi connectivity index (χ1v) is 6.31. The van der Waals surface area contributed by atoms with Crippen LogP contribution in [-0.4, -0.2) is 27.8 Å². The summed E-state index contributed by atoms with van der Waals surface area (Å²) < 4.78 is 12.9. The van der Waals surface area contributed by atoms with Crippen molar-refractivity contribution in [3.63, 3.8) is 0 Å². The number of hydrogen-bond acceptors (Lipinski definition) is 2. The molecule has 1 fully saturated rings. The number of aromatic nitrogens is 1. The van der Waals surface area contributed by atoms with Crippen molar-refractivity contribution in [2.45, 2.75) is 25.4 Å². The van der Waals surface area contributed by atoms with E-state index < -0.39 is 0 Å². The summed E-state index contributed by atoms with van der Waals surface area (Å²) in [5, 5.41) is 0.965. The van der Waals surface area contributed by atoms with Gasteiger partial charge in [0.05, 0.1) is 6.20 Å². The molecule has 0 radical (unpaired) electrons. The van der Waals surface area contributed by atoms with E-state index in [2.05, 4.69) is 25.8 Å². The van der Waals surface area contributed by atoms with Gasteiger partial charge in [0.25, 0.3) is 0 Å². The van der Waals surface area contributed by atoms with Crippen LogP contribution in [0.25, 0.3) is 0 Å². The van der Waals surface area contributed by atoms with Crippen LogP contribution in [0.2, 0.25) is 0 Å². The molecular formula is C11H14BrFN2. The lowest BCUT2D eigenvalue weighted by Crippen LogP contribution is -2.27. The van der Waals surface area contributed by atoms with Gasteiger partial charge in [0.15, 0.2) is 0 Å². The third kappa shape index (κ3) is 3.24. The first-order chi connectivity index (χ1) is 7.29. The lowest BCUT2D eigenvalue weighted by Gasteiger charge is -2.20. The Bertz CT molecular complexity index is 328. The van der Waals surface area contributed by atoms with Crippen LogP contribution >= 0.6 is 15.9 Å². The summed E-state index contributed by atoms with van der Waals surface area (Å²) in [6.07, 6.45) is 5.54. The summed E-state index contributed by atoms with van der Waals surface area (Å²) in [7, 11) is 0. The Morgan fingerprint density at radius 2 is 2.27 bits per heavy atom. The fourth-order valence-corrected chi connectivity index (χ4v) is 2.17. The summed E-state index contributed by atoms with van der Waals surface area (Å²) >= 11 is 3.44. The van der Waals surface area contributed by atoms with Gasteiger partial charge in [-0.1, -0.05) is 15.9 Å². The third-order valence-corrected chi connectivity index (χ3v) is 2.94. The first-order valence-electron chi connectivity index (χ1n) is 5.19. The summed E-state index contributed by atoms with van der Waals surface area (Å²) in [6, 6.07) is 2.27. The fourth-order valence-electron chi connectivity index (χ4n) is 1.72. The number of pyridine rings is 1. The molecule has 0 amide bonds. The Morgan fingerprint density at radius 3 is 2.87 bits per heavy atom. The molecule has 1 aliphatic rings. The molecule has 0 saturated heterocycles. The maximum Gasteiger partial charge on any atom is 0.141 e. The van der Waals surface area contributed by atoms with Gasteiger partial charge in [0.1, 0.15) is 5.82 Å². The molecule has 0 N–H and O–H groups in total. The Kier molecular flexibility index (Phi) is 3.70. The average molecular weight is 273 g/mol. The molecule has 1 aromatic heterocycles. The highest BCUT2D eigenvalue weighted by Crippen LogP contribution is 2.28. The SMILES string of the molecule is Fc1cncc(CN(CCBr)C2CC2)c1. The van der Waals surface area contributed by atoms with Crippen LogP contribution in [0.5, 0.6) is 0 Å². The first kappa shape index (κ1) is 11.0. The molecule has 1 aromatic rings. The third-order valence-electron chi connectivity index (χ3n) is 2.58. The fraction of sp³-hybridized carbons (Fsp3) is 0.545. The number of rotatable bonds is 5. The van der Waals surface area contributed by atoms with E-state index in [-0.39, 0.29) is 5.82 Å². The molecule has 2 rings (SSSR count). The van der Waals surface area contributed by atoms with E-state index in [9.17, 15) is 4.39 Å². The van der Waals surface area contributed by atoms with Crippen molar-refractivity contribution in [1.82, 2.24) is 9.88 Å². The van der Waals surface area contributed by atoms with Gasteiger partial charge in [0, 0.05) is 30.7 Å². The predicted molar refractivity (Wildman–Crippen MR) is 61.4 cm³/mol. The maximum atomic E-state index is 12.9. The quantitative estimate of drug-likeness (QED) is 0.766. The van der Waals surface area contributed by atoms with E-state index in [4.69, 9.17) is 0 Å². The van der Waals surface area contributed by atoms with Crippen LogP contribution in [-0.2, 0) is 6.54 Å². The zero-order valence-electron chi connectivity index (χ0n) is 8.50. The molecule has 0 bridgehead atoms. The Balaban J connectivity index is 1.98. The topological polar surface area (TPSA) is 16.1 Å². The van der Waals surface area contributed by atoms with Crippen molar-refractivity contribution in [2.75, 3.05) is 11.9 Å². The van der Waals surface area contributed by atoms with Gasteiger partial charge >= 0.3 is 0 Å². The molecule has 0 aromatic carbocycles. The van der Waals surface area contributed by atoms with Gasteiger partial charge in [-0.15, -0.1) is 0 Å². The zero-order valence-corrected chi connectivity index (χ0v) is 10.1. The smallest absolute Gasteiger partial charge is 0.141 e. The van der Waals surface area contributed by atoms with E-state index in [1.807, 2.05) is 0 Å². The second-order valence-electron chi connectivity index (χ2n) is 3.90. The van der Waals surface area contributed by atoms with Crippen LogP contribution in [0.3, 0.4) is 0 Å². The highest BCUT2D eigenvalue weighted by atomic mass is 79.9. The minimum absolute atomic E-state index is 0.248. The van der Waals surface area contributed by atoms with Crippen molar-refractivity contribution in [3.05, 3.63) is 29.8 Å². The molecule has 0 aliphatic heterocycles. The molecule has 1 heterocycles. The van der Waals surface area contributed by atoms with Crippen molar-refractivity contribution in [3.8, 4) is 0 Å². The monoisotopic (exact) mass is 272 g/mol. The highest BCUT2D eigenvalue weighted by molar-refractivity contribution is 9.09. The van der Waals surface area contributed by atoms with E-state index in [0.717, 1.165) is 24.0 Å². The largest absolute Gasteiger partial charge is 0.295 e. The van der Waals surface area contributed by atoms with Gasteiger partial charge in [-0.25, -0.2) is 4.39 Å². The second kappa shape index (κ2) is 5.03. The number of hydrogen-bond donors (Lipinski definition) is 0. The maximum absolute atomic E-state index is 12.9. The molecular weight excluding hydrogens is 259 g/mol. The van der Waals surface area contributed by atoms with Crippen LogP contribution in [0.15, 0.2) is 18.5 Å². The standard InChI is InChI=1S/C11H14BrFN2/c12-3-4-15(11-1-2-11)8-9-5-10(13)7-14-6-9/h5-7,11H,1-4,8H2. The number of nitrogens with zero attached hydrogens (tertiary/aromatic N) is 2. The van der Waals surface area contributed by atoms with Crippen LogP contribution in [0, 0.1) is 5.82 Å². The second-order valence-corrected chi connectivity index (χ2v) is 4.70. The Morgan fingerprint density at radius 1 is 1.47 bits per heavy atom. The van der Waals surface area contributed by atoms with Crippen molar-refractivity contribution < 1.29 is 4.39 Å². The molecule has 4 heteroatoms.